The van der Waals surface area contributed by atoms with Crippen molar-refractivity contribution in [2.75, 3.05) is 45.8 Å². The molecule has 4 rings (SSSR count). The molecule has 2 aliphatic rings. The van der Waals surface area contributed by atoms with Gasteiger partial charge in [0, 0.05) is 51.4 Å². The molecule has 0 unspecified atom stereocenters. The van der Waals surface area contributed by atoms with Gasteiger partial charge in [-0.3, -0.25) is 9.69 Å². The van der Waals surface area contributed by atoms with Crippen LogP contribution in [0.4, 0.5) is 0 Å². The Morgan fingerprint density at radius 2 is 1.42 bits per heavy atom. The van der Waals surface area contributed by atoms with E-state index in [0.717, 1.165) is 45.3 Å². The molecule has 2 aromatic rings. The Labute approximate surface area is 197 Å². The first-order valence-corrected chi connectivity index (χ1v) is 13.3. The molecular formula is C26H33N3O3S. The van der Waals surface area contributed by atoms with E-state index in [9.17, 15) is 13.2 Å². The van der Waals surface area contributed by atoms with Crippen LogP contribution in [0.5, 0.6) is 0 Å². The summed E-state index contributed by atoms with van der Waals surface area (Å²) in [5.41, 5.74) is 1.73. The molecule has 7 heteroatoms. The Morgan fingerprint density at radius 1 is 0.788 bits per heavy atom. The van der Waals surface area contributed by atoms with E-state index in [1.165, 1.54) is 5.56 Å². The molecule has 2 aromatic carbocycles. The predicted octanol–water partition coefficient (Wildman–Crippen LogP) is 3.72. The van der Waals surface area contributed by atoms with Crippen LogP contribution in [0, 0.1) is 0 Å². The maximum absolute atomic E-state index is 13.0. The van der Waals surface area contributed by atoms with Crippen molar-refractivity contribution in [1.82, 2.24) is 14.1 Å². The zero-order chi connectivity index (χ0) is 23.1. The topological polar surface area (TPSA) is 60.9 Å². The van der Waals surface area contributed by atoms with Crippen molar-refractivity contribution in [3.05, 3.63) is 71.8 Å². The minimum absolute atomic E-state index is 0.0341. The van der Waals surface area contributed by atoms with Crippen molar-refractivity contribution in [1.29, 1.82) is 0 Å². The molecule has 0 radical (unpaired) electrons. The molecule has 2 aliphatic heterocycles. The summed E-state index contributed by atoms with van der Waals surface area (Å²) in [6.07, 6.45) is 8.26. The summed E-state index contributed by atoms with van der Waals surface area (Å²) in [7, 11) is -3.49. The molecule has 1 amide bonds. The molecular weight excluding hydrogens is 434 g/mol. The number of amides is 1. The van der Waals surface area contributed by atoms with Crippen LogP contribution in [0.2, 0.25) is 0 Å². The van der Waals surface area contributed by atoms with Crippen LogP contribution in [-0.2, 0) is 10.0 Å². The molecule has 2 saturated heterocycles. The number of hydrogen-bond donors (Lipinski definition) is 0. The monoisotopic (exact) mass is 467 g/mol. The molecule has 176 valence electrons. The lowest BCUT2D eigenvalue weighted by Gasteiger charge is -2.34. The van der Waals surface area contributed by atoms with Crippen LogP contribution in [0.25, 0.3) is 6.08 Å². The highest BCUT2D eigenvalue weighted by molar-refractivity contribution is 7.89. The van der Waals surface area contributed by atoms with Crippen LogP contribution in [0.3, 0.4) is 0 Å². The number of nitrogens with zero attached hydrogens (tertiary/aromatic N) is 3. The summed E-state index contributed by atoms with van der Waals surface area (Å²) < 4.78 is 27.5. The first-order valence-electron chi connectivity index (χ1n) is 11.9. The molecule has 0 bridgehead atoms. The zero-order valence-corrected chi connectivity index (χ0v) is 19.9. The number of carbonyl (C=O) groups is 1. The van der Waals surface area contributed by atoms with Gasteiger partial charge in [0.2, 0.25) is 10.0 Å². The molecule has 0 N–H and O–H groups in total. The number of piperazine rings is 1. The first kappa shape index (κ1) is 23.7. The average molecular weight is 468 g/mol. The predicted molar refractivity (Wildman–Crippen MR) is 131 cm³/mol. The van der Waals surface area contributed by atoms with E-state index < -0.39 is 10.0 Å². The fourth-order valence-corrected chi connectivity index (χ4v) is 5.94. The Balaban J connectivity index is 1.30. The van der Waals surface area contributed by atoms with Crippen LogP contribution in [0.15, 0.2) is 65.6 Å². The standard InChI is InChI=1S/C26H33N3O3S/c30-26(28-21-19-27(20-22-28)16-8-11-23-9-4-3-5-10-23)24-12-14-25(15-13-24)33(31,32)29-17-6-1-2-7-18-29/h3-5,8-15H,1-2,6-7,16-22H2. The summed E-state index contributed by atoms with van der Waals surface area (Å²) in [5.74, 6) is -0.0341. The van der Waals surface area contributed by atoms with E-state index in [0.29, 0.717) is 31.7 Å². The Bertz CT molecular complexity index is 1040. The SMILES string of the molecule is O=C(c1ccc(S(=O)(=O)N2CCCCCC2)cc1)N1CCN(CC=Cc2ccccc2)CC1. The normalized spacial score (nSPS) is 19.0. The van der Waals surface area contributed by atoms with Gasteiger partial charge in [0.25, 0.3) is 5.91 Å². The molecule has 0 atom stereocenters. The maximum Gasteiger partial charge on any atom is 0.253 e. The van der Waals surface area contributed by atoms with E-state index in [2.05, 4.69) is 29.2 Å². The van der Waals surface area contributed by atoms with Gasteiger partial charge in [-0.25, -0.2) is 8.42 Å². The highest BCUT2D eigenvalue weighted by Crippen LogP contribution is 2.21. The van der Waals surface area contributed by atoms with E-state index in [1.807, 2.05) is 23.1 Å². The maximum atomic E-state index is 13.0. The lowest BCUT2D eigenvalue weighted by molar-refractivity contribution is 0.0650. The first-order chi connectivity index (χ1) is 16.0. The van der Waals surface area contributed by atoms with Crippen molar-refractivity contribution < 1.29 is 13.2 Å². The third-order valence-electron chi connectivity index (χ3n) is 6.44. The van der Waals surface area contributed by atoms with Gasteiger partial charge < -0.3 is 4.90 Å². The second-order valence-electron chi connectivity index (χ2n) is 8.75. The molecule has 0 spiro atoms. The van der Waals surface area contributed by atoms with Gasteiger partial charge in [-0.05, 0) is 42.7 Å². The third kappa shape index (κ3) is 6.10. The number of hydrogen-bond acceptors (Lipinski definition) is 4. The van der Waals surface area contributed by atoms with E-state index in [4.69, 9.17) is 0 Å². The minimum atomic E-state index is -3.49. The molecule has 33 heavy (non-hydrogen) atoms. The quantitative estimate of drug-likeness (QED) is 0.650. The van der Waals surface area contributed by atoms with Gasteiger partial charge >= 0.3 is 0 Å². The molecule has 0 saturated carbocycles. The van der Waals surface area contributed by atoms with Crippen molar-refractivity contribution in [2.24, 2.45) is 0 Å². The molecule has 6 nitrogen and oxygen atoms in total. The summed E-state index contributed by atoms with van der Waals surface area (Å²) in [6, 6.07) is 16.7. The summed E-state index contributed by atoms with van der Waals surface area (Å²) >= 11 is 0. The van der Waals surface area contributed by atoms with Crippen molar-refractivity contribution in [3.8, 4) is 0 Å². The fraction of sp³-hybridized carbons (Fsp3) is 0.423. The molecule has 0 aliphatic carbocycles. The zero-order valence-electron chi connectivity index (χ0n) is 19.1. The second-order valence-corrected chi connectivity index (χ2v) is 10.7. The van der Waals surface area contributed by atoms with Gasteiger partial charge in [-0.1, -0.05) is 55.3 Å². The van der Waals surface area contributed by atoms with Crippen LogP contribution in [0.1, 0.15) is 41.6 Å². The highest BCUT2D eigenvalue weighted by atomic mass is 32.2. The van der Waals surface area contributed by atoms with Gasteiger partial charge in [0.1, 0.15) is 0 Å². The number of carbonyl (C=O) groups excluding carboxylic acids is 1. The highest BCUT2D eigenvalue weighted by Gasteiger charge is 2.26. The number of sulfonamides is 1. The number of benzene rings is 2. The summed E-state index contributed by atoms with van der Waals surface area (Å²) in [4.78, 5) is 17.4. The lowest BCUT2D eigenvalue weighted by atomic mass is 10.2. The Kier molecular flexibility index (Phi) is 7.96. The van der Waals surface area contributed by atoms with Crippen LogP contribution >= 0.6 is 0 Å². The Morgan fingerprint density at radius 3 is 2.06 bits per heavy atom. The van der Waals surface area contributed by atoms with E-state index in [1.54, 1.807) is 28.6 Å². The van der Waals surface area contributed by atoms with Gasteiger partial charge in [-0.2, -0.15) is 4.31 Å². The van der Waals surface area contributed by atoms with Gasteiger partial charge in [-0.15, -0.1) is 0 Å². The third-order valence-corrected chi connectivity index (χ3v) is 8.35. The minimum Gasteiger partial charge on any atom is -0.336 e. The fourth-order valence-electron chi connectivity index (χ4n) is 4.42. The lowest BCUT2D eigenvalue weighted by Crippen LogP contribution is -2.48. The average Bonchev–Trinajstić information content (AvgIpc) is 3.15. The Hall–Kier alpha value is -2.48. The molecule has 2 fully saturated rings. The van der Waals surface area contributed by atoms with E-state index >= 15 is 0 Å². The van der Waals surface area contributed by atoms with Crippen LogP contribution in [-0.4, -0.2) is 74.2 Å². The number of rotatable bonds is 6. The second kappa shape index (κ2) is 11.1. The van der Waals surface area contributed by atoms with Gasteiger partial charge in [0.15, 0.2) is 0 Å². The molecule has 2 heterocycles. The van der Waals surface area contributed by atoms with Crippen LogP contribution < -0.4 is 0 Å². The van der Waals surface area contributed by atoms with Crippen molar-refractivity contribution in [2.45, 2.75) is 30.6 Å². The van der Waals surface area contributed by atoms with Gasteiger partial charge in [0.05, 0.1) is 4.90 Å². The smallest absolute Gasteiger partial charge is 0.253 e. The molecule has 0 aromatic heterocycles. The summed E-state index contributed by atoms with van der Waals surface area (Å²) in [6.45, 7) is 5.01. The van der Waals surface area contributed by atoms with Crippen molar-refractivity contribution >= 4 is 22.0 Å². The summed E-state index contributed by atoms with van der Waals surface area (Å²) in [5, 5.41) is 0. The largest absolute Gasteiger partial charge is 0.336 e. The van der Waals surface area contributed by atoms with Crippen molar-refractivity contribution in [3.63, 3.8) is 0 Å². The van der Waals surface area contributed by atoms with E-state index in [-0.39, 0.29) is 10.8 Å².